The predicted octanol–water partition coefficient (Wildman–Crippen LogP) is 4.54. The van der Waals surface area contributed by atoms with E-state index < -0.39 is 0 Å². The third-order valence-electron chi connectivity index (χ3n) is 4.14. The molecule has 2 aliphatic carbocycles. The molecule has 0 saturated heterocycles. The summed E-state index contributed by atoms with van der Waals surface area (Å²) in [7, 11) is 0. The maximum Gasteiger partial charge on any atom is 0.0286 e. The SMILES string of the molecule is CC1(C#CC2CCCCC2)CCCCC1. The molecule has 0 nitrogen and oxygen atoms in total. The molecular formula is C15H24. The van der Waals surface area contributed by atoms with Gasteiger partial charge in [-0.2, -0.15) is 0 Å². The van der Waals surface area contributed by atoms with E-state index in [1.54, 1.807) is 0 Å². The Labute approximate surface area is 94.8 Å². The number of hydrogen-bond acceptors (Lipinski definition) is 0. The van der Waals surface area contributed by atoms with Gasteiger partial charge in [0.1, 0.15) is 0 Å². The highest BCUT2D eigenvalue weighted by molar-refractivity contribution is 5.13. The van der Waals surface area contributed by atoms with E-state index in [1.807, 2.05) is 0 Å². The molecule has 2 saturated carbocycles. The van der Waals surface area contributed by atoms with Gasteiger partial charge in [0.15, 0.2) is 0 Å². The molecule has 0 atom stereocenters. The van der Waals surface area contributed by atoms with Crippen LogP contribution in [-0.4, -0.2) is 0 Å². The zero-order chi connectivity index (χ0) is 10.6. The summed E-state index contributed by atoms with van der Waals surface area (Å²) >= 11 is 0. The first kappa shape index (κ1) is 11.1. The first-order valence-corrected chi connectivity index (χ1v) is 6.81. The number of hydrogen-bond donors (Lipinski definition) is 0. The Morgan fingerprint density at radius 1 is 0.867 bits per heavy atom. The Hall–Kier alpha value is -0.440. The van der Waals surface area contributed by atoms with Crippen molar-refractivity contribution in [2.24, 2.45) is 11.3 Å². The predicted molar refractivity (Wildman–Crippen MR) is 65.5 cm³/mol. The Morgan fingerprint density at radius 2 is 1.47 bits per heavy atom. The summed E-state index contributed by atoms with van der Waals surface area (Å²) in [6.07, 6.45) is 13.9. The average Bonchev–Trinajstić information content (AvgIpc) is 2.29. The first-order chi connectivity index (χ1) is 7.29. The lowest BCUT2D eigenvalue weighted by molar-refractivity contribution is 0.298. The van der Waals surface area contributed by atoms with Gasteiger partial charge in [-0.15, -0.1) is 0 Å². The average molecular weight is 204 g/mol. The Balaban J connectivity index is 1.90. The summed E-state index contributed by atoms with van der Waals surface area (Å²) in [6, 6.07) is 0. The lowest BCUT2D eigenvalue weighted by Crippen LogP contribution is -2.18. The van der Waals surface area contributed by atoms with Crippen molar-refractivity contribution >= 4 is 0 Å². The van der Waals surface area contributed by atoms with Crippen LogP contribution in [0.1, 0.15) is 71.1 Å². The van der Waals surface area contributed by atoms with Gasteiger partial charge in [0, 0.05) is 11.3 Å². The summed E-state index contributed by atoms with van der Waals surface area (Å²) in [6.45, 7) is 2.38. The van der Waals surface area contributed by atoms with Crippen molar-refractivity contribution in [3.63, 3.8) is 0 Å². The van der Waals surface area contributed by atoms with E-state index in [2.05, 4.69) is 18.8 Å². The highest BCUT2D eigenvalue weighted by Crippen LogP contribution is 2.35. The Morgan fingerprint density at radius 3 is 2.13 bits per heavy atom. The molecule has 0 N–H and O–H groups in total. The molecule has 2 fully saturated rings. The van der Waals surface area contributed by atoms with E-state index in [1.165, 1.54) is 64.2 Å². The molecular weight excluding hydrogens is 180 g/mol. The van der Waals surface area contributed by atoms with Gasteiger partial charge >= 0.3 is 0 Å². The molecule has 0 aromatic carbocycles. The Bertz CT molecular complexity index is 241. The summed E-state index contributed by atoms with van der Waals surface area (Å²) in [5.41, 5.74) is 0.371. The van der Waals surface area contributed by atoms with Gasteiger partial charge in [0.25, 0.3) is 0 Å². The van der Waals surface area contributed by atoms with E-state index in [9.17, 15) is 0 Å². The van der Waals surface area contributed by atoms with Crippen molar-refractivity contribution in [1.82, 2.24) is 0 Å². The van der Waals surface area contributed by atoms with Crippen LogP contribution in [-0.2, 0) is 0 Å². The van der Waals surface area contributed by atoms with Crippen molar-refractivity contribution < 1.29 is 0 Å². The lowest BCUT2D eigenvalue weighted by atomic mass is 9.76. The van der Waals surface area contributed by atoms with Crippen LogP contribution in [0.4, 0.5) is 0 Å². The largest absolute Gasteiger partial charge is 0.0993 e. The van der Waals surface area contributed by atoms with Crippen molar-refractivity contribution in [3.8, 4) is 11.8 Å². The third kappa shape index (κ3) is 3.26. The van der Waals surface area contributed by atoms with Gasteiger partial charge in [-0.3, -0.25) is 0 Å². The molecule has 15 heavy (non-hydrogen) atoms. The lowest BCUT2D eigenvalue weighted by Gasteiger charge is -2.28. The van der Waals surface area contributed by atoms with Crippen LogP contribution < -0.4 is 0 Å². The molecule has 0 heteroatoms. The van der Waals surface area contributed by atoms with Gasteiger partial charge in [0.2, 0.25) is 0 Å². The fraction of sp³-hybridized carbons (Fsp3) is 0.867. The quantitative estimate of drug-likeness (QED) is 0.508. The molecule has 0 aromatic heterocycles. The second kappa shape index (κ2) is 5.06. The van der Waals surface area contributed by atoms with Crippen LogP contribution in [0.3, 0.4) is 0 Å². The molecule has 0 bridgehead atoms. The highest BCUT2D eigenvalue weighted by atomic mass is 14.3. The van der Waals surface area contributed by atoms with Crippen LogP contribution in [0.2, 0.25) is 0 Å². The first-order valence-electron chi connectivity index (χ1n) is 6.81. The normalized spacial score (nSPS) is 26.7. The molecule has 0 aromatic rings. The fourth-order valence-electron chi connectivity index (χ4n) is 2.98. The Kier molecular flexibility index (Phi) is 3.73. The standard InChI is InChI=1S/C15H24/c1-15(11-6-3-7-12-15)13-10-14-8-4-2-5-9-14/h14H,2-9,11-12H2,1H3. The second-order valence-electron chi connectivity index (χ2n) is 5.73. The molecule has 0 unspecified atom stereocenters. The van der Waals surface area contributed by atoms with Crippen molar-refractivity contribution in [2.45, 2.75) is 71.1 Å². The van der Waals surface area contributed by atoms with E-state index in [0.29, 0.717) is 5.41 Å². The second-order valence-corrected chi connectivity index (χ2v) is 5.73. The molecule has 0 aliphatic heterocycles. The summed E-state index contributed by atoms with van der Waals surface area (Å²) in [4.78, 5) is 0. The minimum absolute atomic E-state index is 0.371. The molecule has 84 valence electrons. The fourth-order valence-corrected chi connectivity index (χ4v) is 2.98. The highest BCUT2D eigenvalue weighted by Gasteiger charge is 2.24. The zero-order valence-corrected chi connectivity index (χ0v) is 10.1. The van der Waals surface area contributed by atoms with Crippen molar-refractivity contribution in [1.29, 1.82) is 0 Å². The van der Waals surface area contributed by atoms with Crippen LogP contribution in [0.15, 0.2) is 0 Å². The van der Waals surface area contributed by atoms with Crippen LogP contribution in [0, 0.1) is 23.2 Å². The molecule has 0 spiro atoms. The zero-order valence-electron chi connectivity index (χ0n) is 10.1. The maximum absolute atomic E-state index is 3.62. The summed E-state index contributed by atoms with van der Waals surface area (Å²) < 4.78 is 0. The number of rotatable bonds is 0. The molecule has 0 radical (unpaired) electrons. The minimum Gasteiger partial charge on any atom is -0.0993 e. The van der Waals surface area contributed by atoms with Gasteiger partial charge in [-0.1, -0.05) is 50.4 Å². The molecule has 2 aliphatic rings. The summed E-state index contributed by atoms with van der Waals surface area (Å²) in [5.74, 6) is 7.93. The topological polar surface area (TPSA) is 0 Å². The van der Waals surface area contributed by atoms with Crippen LogP contribution in [0.25, 0.3) is 0 Å². The third-order valence-corrected chi connectivity index (χ3v) is 4.14. The van der Waals surface area contributed by atoms with Crippen LogP contribution in [0.5, 0.6) is 0 Å². The monoisotopic (exact) mass is 204 g/mol. The van der Waals surface area contributed by atoms with E-state index in [-0.39, 0.29) is 0 Å². The van der Waals surface area contributed by atoms with Crippen molar-refractivity contribution in [3.05, 3.63) is 0 Å². The van der Waals surface area contributed by atoms with Crippen molar-refractivity contribution in [2.75, 3.05) is 0 Å². The van der Waals surface area contributed by atoms with E-state index >= 15 is 0 Å². The molecule has 2 rings (SSSR count). The smallest absolute Gasteiger partial charge is 0.0286 e. The van der Waals surface area contributed by atoms with E-state index in [4.69, 9.17) is 0 Å². The van der Waals surface area contributed by atoms with Gasteiger partial charge in [-0.25, -0.2) is 0 Å². The molecule has 0 amide bonds. The maximum atomic E-state index is 3.62. The van der Waals surface area contributed by atoms with Crippen LogP contribution >= 0.6 is 0 Å². The van der Waals surface area contributed by atoms with Gasteiger partial charge < -0.3 is 0 Å². The van der Waals surface area contributed by atoms with Gasteiger partial charge in [-0.05, 0) is 32.6 Å². The molecule has 0 heterocycles. The minimum atomic E-state index is 0.371. The van der Waals surface area contributed by atoms with Gasteiger partial charge in [0.05, 0.1) is 0 Å². The van der Waals surface area contributed by atoms with E-state index in [0.717, 1.165) is 5.92 Å². The summed E-state index contributed by atoms with van der Waals surface area (Å²) in [5, 5.41) is 0.